The van der Waals surface area contributed by atoms with E-state index in [9.17, 15) is 0 Å². The Morgan fingerprint density at radius 2 is 2.03 bits per heavy atom. The maximum Gasteiger partial charge on any atom is 0.194 e. The Balaban J connectivity index is 0.00000272. The van der Waals surface area contributed by atoms with Gasteiger partial charge in [0.05, 0.1) is 32.1 Å². The lowest BCUT2D eigenvalue weighted by Gasteiger charge is -2.39. The Morgan fingerprint density at radius 1 is 1.23 bits per heavy atom. The average Bonchev–Trinajstić information content (AvgIpc) is 3.33. The lowest BCUT2D eigenvalue weighted by molar-refractivity contribution is 0.122. The molecule has 31 heavy (non-hydrogen) atoms. The number of aliphatic imine (C=N–C) groups is 1. The second-order valence-corrected chi connectivity index (χ2v) is 8.19. The summed E-state index contributed by atoms with van der Waals surface area (Å²) in [5.41, 5.74) is 2.55. The van der Waals surface area contributed by atoms with Crippen molar-refractivity contribution < 1.29 is 4.74 Å². The number of ether oxygens (including phenoxy) is 1. The van der Waals surface area contributed by atoms with Gasteiger partial charge in [-0.05, 0) is 30.9 Å². The summed E-state index contributed by atoms with van der Waals surface area (Å²) in [5.74, 6) is 1.63. The molecule has 8 heteroatoms. The number of anilines is 1. The number of aromatic nitrogens is 2. The minimum Gasteiger partial charge on any atom is -0.378 e. The average molecular weight is 538 g/mol. The van der Waals surface area contributed by atoms with Crippen molar-refractivity contribution in [2.24, 2.45) is 10.9 Å². The van der Waals surface area contributed by atoms with Gasteiger partial charge in [-0.3, -0.25) is 0 Å². The van der Waals surface area contributed by atoms with Crippen molar-refractivity contribution in [3.63, 3.8) is 0 Å². The van der Waals surface area contributed by atoms with E-state index >= 15 is 0 Å². The molecule has 4 rings (SSSR count). The lowest BCUT2D eigenvalue weighted by atomic mass is 9.93. The lowest BCUT2D eigenvalue weighted by Crippen LogP contribution is -2.49. The molecule has 1 N–H and O–H groups in total. The first-order chi connectivity index (χ1) is 14.8. The summed E-state index contributed by atoms with van der Waals surface area (Å²) in [5, 5.41) is 3.52. The summed E-state index contributed by atoms with van der Waals surface area (Å²) in [6.07, 6.45) is 7.03. The number of nitrogens with zero attached hydrogens (tertiary/aromatic N) is 5. The minimum absolute atomic E-state index is 0. The Morgan fingerprint density at radius 3 is 2.77 bits per heavy atom. The molecule has 0 saturated carbocycles. The summed E-state index contributed by atoms with van der Waals surface area (Å²) in [7, 11) is 0. The predicted octanol–water partition coefficient (Wildman–Crippen LogP) is 3.39. The number of rotatable bonds is 5. The van der Waals surface area contributed by atoms with Crippen LogP contribution in [0.25, 0.3) is 0 Å². The first-order valence-corrected chi connectivity index (χ1v) is 11.2. The van der Waals surface area contributed by atoms with Crippen LogP contribution in [0.1, 0.15) is 31.9 Å². The number of morpholine rings is 1. The van der Waals surface area contributed by atoms with E-state index in [1.54, 1.807) is 0 Å². The third kappa shape index (κ3) is 5.91. The van der Waals surface area contributed by atoms with Crippen molar-refractivity contribution in [1.82, 2.24) is 19.8 Å². The zero-order valence-corrected chi connectivity index (χ0v) is 20.9. The molecule has 0 amide bonds. The van der Waals surface area contributed by atoms with Crippen molar-refractivity contribution in [1.29, 1.82) is 0 Å². The highest BCUT2D eigenvalue weighted by Crippen LogP contribution is 2.28. The maximum atomic E-state index is 5.53. The van der Waals surface area contributed by atoms with Crippen LogP contribution in [0.15, 0.2) is 48.0 Å². The summed E-state index contributed by atoms with van der Waals surface area (Å²) < 4.78 is 7.77. The van der Waals surface area contributed by atoms with Crippen molar-refractivity contribution in [3.8, 4) is 0 Å². The van der Waals surface area contributed by atoms with Crippen LogP contribution in [-0.4, -0.2) is 66.3 Å². The molecule has 7 nitrogen and oxygen atoms in total. The molecule has 0 aliphatic carbocycles. The van der Waals surface area contributed by atoms with Gasteiger partial charge in [0.1, 0.15) is 0 Å². The van der Waals surface area contributed by atoms with E-state index in [4.69, 9.17) is 9.73 Å². The van der Waals surface area contributed by atoms with Crippen molar-refractivity contribution in [2.75, 3.05) is 50.8 Å². The zero-order chi connectivity index (χ0) is 20.8. The van der Waals surface area contributed by atoms with Gasteiger partial charge in [-0.25, -0.2) is 9.98 Å². The van der Waals surface area contributed by atoms with Gasteiger partial charge in [-0.15, -0.1) is 24.0 Å². The van der Waals surface area contributed by atoms with E-state index < -0.39 is 0 Å². The molecule has 0 bridgehead atoms. The van der Waals surface area contributed by atoms with Crippen LogP contribution in [0.5, 0.6) is 0 Å². The number of piperidine rings is 1. The predicted molar refractivity (Wildman–Crippen MR) is 136 cm³/mol. The largest absolute Gasteiger partial charge is 0.378 e. The zero-order valence-electron chi connectivity index (χ0n) is 18.6. The molecule has 2 aliphatic heterocycles. The standard InChI is InChI=1S/C23H34N6O.HI/c1-3-25-23(28-10-8-19(2)22(17-28)29-11-9-24-18-29)26-16-20-6-4-5-7-21(20)27-12-14-30-15-13-27;/h4-7,9,11,18-19,22H,3,8,10,12-17H2,1-2H3,(H,25,26);1H. The Labute approximate surface area is 202 Å². The van der Waals surface area contributed by atoms with Gasteiger partial charge in [0, 0.05) is 50.8 Å². The number of likely N-dealkylation sites (tertiary alicyclic amines) is 1. The molecule has 170 valence electrons. The molecular weight excluding hydrogens is 503 g/mol. The van der Waals surface area contributed by atoms with Gasteiger partial charge < -0.3 is 24.4 Å². The third-order valence-electron chi connectivity index (χ3n) is 6.20. The quantitative estimate of drug-likeness (QED) is 0.360. The molecule has 3 heterocycles. The van der Waals surface area contributed by atoms with Crippen molar-refractivity contribution in [2.45, 2.75) is 32.9 Å². The number of benzene rings is 1. The van der Waals surface area contributed by atoms with E-state index in [0.29, 0.717) is 18.5 Å². The number of imidazole rings is 1. The van der Waals surface area contributed by atoms with E-state index in [1.165, 1.54) is 11.3 Å². The van der Waals surface area contributed by atoms with Gasteiger partial charge in [0.15, 0.2) is 5.96 Å². The SMILES string of the molecule is CCNC(=NCc1ccccc1N1CCOCC1)N1CCC(C)C(n2ccnc2)C1.I. The highest BCUT2D eigenvalue weighted by Gasteiger charge is 2.29. The third-order valence-corrected chi connectivity index (χ3v) is 6.20. The molecule has 2 unspecified atom stereocenters. The number of halogens is 1. The molecule has 2 aromatic rings. The second kappa shape index (κ2) is 11.7. The highest BCUT2D eigenvalue weighted by molar-refractivity contribution is 14.0. The monoisotopic (exact) mass is 538 g/mol. The number of hydrogen-bond acceptors (Lipinski definition) is 4. The van der Waals surface area contributed by atoms with Gasteiger partial charge in [0.25, 0.3) is 0 Å². The summed E-state index contributed by atoms with van der Waals surface area (Å²) in [6, 6.07) is 9.06. The first-order valence-electron chi connectivity index (χ1n) is 11.2. The van der Waals surface area contributed by atoms with Gasteiger partial charge >= 0.3 is 0 Å². The van der Waals surface area contributed by atoms with Crippen LogP contribution in [0, 0.1) is 5.92 Å². The van der Waals surface area contributed by atoms with Crippen LogP contribution in [0.4, 0.5) is 5.69 Å². The van der Waals surface area contributed by atoms with Crippen molar-refractivity contribution in [3.05, 3.63) is 48.5 Å². The first kappa shape index (κ1) is 23.8. The van der Waals surface area contributed by atoms with Gasteiger partial charge in [-0.1, -0.05) is 25.1 Å². The van der Waals surface area contributed by atoms with E-state index in [-0.39, 0.29) is 24.0 Å². The fourth-order valence-corrected chi connectivity index (χ4v) is 4.44. The van der Waals surface area contributed by atoms with Crippen LogP contribution in [-0.2, 0) is 11.3 Å². The molecular formula is C23H35IN6O. The number of guanidine groups is 1. The van der Waals surface area contributed by atoms with Crippen molar-refractivity contribution >= 4 is 35.6 Å². The summed E-state index contributed by atoms with van der Waals surface area (Å²) in [4.78, 5) is 14.1. The highest BCUT2D eigenvalue weighted by atomic mass is 127. The Hall–Kier alpha value is -1.81. The number of nitrogens with one attached hydrogen (secondary N) is 1. The fourth-order valence-electron chi connectivity index (χ4n) is 4.44. The molecule has 1 aromatic heterocycles. The molecule has 0 radical (unpaired) electrons. The Bertz CT molecular complexity index is 821. The van der Waals surface area contributed by atoms with E-state index in [1.807, 2.05) is 12.5 Å². The maximum absolute atomic E-state index is 5.53. The van der Waals surface area contributed by atoms with Gasteiger partial charge in [0.2, 0.25) is 0 Å². The molecule has 2 atom stereocenters. The molecule has 2 fully saturated rings. The van der Waals surface area contributed by atoms with Crippen LogP contribution in [0.2, 0.25) is 0 Å². The smallest absolute Gasteiger partial charge is 0.194 e. The topological polar surface area (TPSA) is 57.9 Å². The van der Waals surface area contributed by atoms with E-state index in [0.717, 1.165) is 58.3 Å². The molecule has 2 saturated heterocycles. The van der Waals surface area contributed by atoms with Crippen LogP contribution < -0.4 is 10.2 Å². The molecule has 1 aromatic carbocycles. The van der Waals surface area contributed by atoms with E-state index in [2.05, 4.69) is 69.0 Å². The fraction of sp³-hybridized carbons (Fsp3) is 0.565. The summed E-state index contributed by atoms with van der Waals surface area (Å²) >= 11 is 0. The number of para-hydroxylation sites is 1. The molecule has 0 spiro atoms. The Kier molecular flexibility index (Phi) is 9.01. The normalized spacial score (nSPS) is 22.2. The second-order valence-electron chi connectivity index (χ2n) is 8.19. The van der Waals surface area contributed by atoms with Gasteiger partial charge in [-0.2, -0.15) is 0 Å². The van der Waals surface area contributed by atoms with Crippen LogP contribution >= 0.6 is 24.0 Å². The molecule has 2 aliphatic rings. The van der Waals surface area contributed by atoms with Crippen LogP contribution in [0.3, 0.4) is 0 Å². The number of hydrogen-bond donors (Lipinski definition) is 1. The minimum atomic E-state index is 0. The summed E-state index contributed by atoms with van der Waals surface area (Å²) in [6.45, 7) is 11.5.